The number of aromatic nitrogens is 2. The summed E-state index contributed by atoms with van der Waals surface area (Å²) in [5.74, 6) is 0.568. The second kappa shape index (κ2) is 7.80. The molecule has 0 bridgehead atoms. The average molecular weight is 373 g/mol. The van der Waals surface area contributed by atoms with Gasteiger partial charge in [-0.05, 0) is 49.9 Å². The molecule has 26 heavy (non-hydrogen) atoms. The van der Waals surface area contributed by atoms with Gasteiger partial charge in [-0.25, -0.2) is 0 Å². The molecule has 2 aliphatic rings. The number of hydrogen-bond donors (Lipinski definition) is 1. The Morgan fingerprint density at radius 3 is 2.85 bits per heavy atom. The molecule has 0 spiro atoms. The minimum absolute atomic E-state index is 0.126. The molecule has 1 saturated carbocycles. The van der Waals surface area contributed by atoms with Crippen molar-refractivity contribution in [3.05, 3.63) is 52.8 Å². The lowest BCUT2D eigenvalue weighted by molar-refractivity contribution is -0.133. The molecule has 2 aromatic rings. The molecule has 1 atom stereocenters. The lowest BCUT2D eigenvalue weighted by Gasteiger charge is -2.26. The van der Waals surface area contributed by atoms with Crippen LogP contribution in [0.2, 0.25) is 5.02 Å². The first-order chi connectivity index (χ1) is 12.7. The first-order valence-electron chi connectivity index (χ1n) is 9.47. The van der Waals surface area contributed by atoms with E-state index in [1.54, 1.807) is 0 Å². The van der Waals surface area contributed by atoms with Gasteiger partial charge in [0.25, 0.3) is 0 Å². The summed E-state index contributed by atoms with van der Waals surface area (Å²) in [6.45, 7) is 2.92. The van der Waals surface area contributed by atoms with E-state index >= 15 is 0 Å². The number of rotatable bonds is 6. The summed E-state index contributed by atoms with van der Waals surface area (Å²) in [7, 11) is 0. The third-order valence-electron chi connectivity index (χ3n) is 5.36. The standard InChI is InChI=1S/C20H25ClN4O/c21-18-6-2-1-4-16(18)13-24(17-7-8-17)20(26)14-25-19(9-11-23-25)15-5-3-10-22-12-15/h1-2,4,6,9,11,15,17,22H,3,5,7-8,10,12-14H2. The Kier molecular flexibility index (Phi) is 5.27. The minimum atomic E-state index is 0.126. The molecule has 1 aliphatic heterocycles. The van der Waals surface area contributed by atoms with Crippen LogP contribution in [0.3, 0.4) is 0 Å². The highest BCUT2D eigenvalue weighted by Crippen LogP contribution is 2.30. The van der Waals surface area contributed by atoms with E-state index in [1.807, 2.05) is 40.0 Å². The normalized spacial score (nSPS) is 20.1. The van der Waals surface area contributed by atoms with Gasteiger partial charge < -0.3 is 10.2 Å². The summed E-state index contributed by atoms with van der Waals surface area (Å²) < 4.78 is 1.89. The zero-order valence-corrected chi connectivity index (χ0v) is 15.7. The molecule has 1 aromatic carbocycles. The summed E-state index contributed by atoms with van der Waals surface area (Å²) in [5, 5.41) is 8.60. The van der Waals surface area contributed by atoms with E-state index in [4.69, 9.17) is 11.6 Å². The predicted octanol–water partition coefficient (Wildman–Crippen LogP) is 3.19. The number of nitrogens with zero attached hydrogens (tertiary/aromatic N) is 3. The van der Waals surface area contributed by atoms with Crippen molar-refractivity contribution in [2.75, 3.05) is 13.1 Å². The highest BCUT2D eigenvalue weighted by Gasteiger charge is 2.33. The van der Waals surface area contributed by atoms with E-state index in [1.165, 1.54) is 12.1 Å². The topological polar surface area (TPSA) is 50.2 Å². The molecular formula is C20H25ClN4O. The molecule has 2 fully saturated rings. The van der Waals surface area contributed by atoms with Crippen molar-refractivity contribution in [2.24, 2.45) is 0 Å². The summed E-state index contributed by atoms with van der Waals surface area (Å²) in [6, 6.07) is 10.2. The van der Waals surface area contributed by atoms with Crippen LogP contribution in [0.1, 0.15) is 42.9 Å². The average Bonchev–Trinajstić information content (AvgIpc) is 3.40. The van der Waals surface area contributed by atoms with E-state index in [9.17, 15) is 4.79 Å². The fourth-order valence-electron chi connectivity index (χ4n) is 3.76. The number of carbonyl (C=O) groups excluding carboxylic acids is 1. The lowest BCUT2D eigenvalue weighted by atomic mass is 9.96. The Morgan fingerprint density at radius 2 is 2.12 bits per heavy atom. The highest BCUT2D eigenvalue weighted by molar-refractivity contribution is 6.31. The summed E-state index contributed by atoms with van der Waals surface area (Å²) in [4.78, 5) is 15.0. The molecule has 5 nitrogen and oxygen atoms in total. The first-order valence-corrected chi connectivity index (χ1v) is 9.85. The van der Waals surface area contributed by atoms with Crippen molar-refractivity contribution in [3.8, 4) is 0 Å². The van der Waals surface area contributed by atoms with Crippen LogP contribution in [0.25, 0.3) is 0 Å². The van der Waals surface area contributed by atoms with E-state index in [0.717, 1.165) is 42.9 Å². The number of benzene rings is 1. The maximum atomic E-state index is 13.0. The molecule has 1 aromatic heterocycles. The fourth-order valence-corrected chi connectivity index (χ4v) is 3.96. The third-order valence-corrected chi connectivity index (χ3v) is 5.72. The number of nitrogens with one attached hydrogen (secondary N) is 1. The van der Waals surface area contributed by atoms with Gasteiger partial charge in [0.15, 0.2) is 0 Å². The van der Waals surface area contributed by atoms with Crippen LogP contribution in [0.4, 0.5) is 0 Å². The van der Waals surface area contributed by atoms with Crippen LogP contribution >= 0.6 is 11.6 Å². The van der Waals surface area contributed by atoms with Gasteiger partial charge in [-0.3, -0.25) is 9.48 Å². The first kappa shape index (κ1) is 17.6. The van der Waals surface area contributed by atoms with Gasteiger partial charge in [0.2, 0.25) is 5.91 Å². The van der Waals surface area contributed by atoms with Crippen molar-refractivity contribution >= 4 is 17.5 Å². The fraction of sp³-hybridized carbons (Fsp3) is 0.500. The van der Waals surface area contributed by atoms with Gasteiger partial charge in [0.05, 0.1) is 0 Å². The molecule has 1 amide bonds. The van der Waals surface area contributed by atoms with Crippen molar-refractivity contribution in [2.45, 2.75) is 50.7 Å². The molecule has 1 unspecified atom stereocenters. The van der Waals surface area contributed by atoms with Crippen molar-refractivity contribution in [1.29, 1.82) is 0 Å². The molecule has 0 radical (unpaired) electrons. The SMILES string of the molecule is O=C(Cn1nccc1C1CCCNC1)N(Cc1ccccc1Cl)C1CC1. The smallest absolute Gasteiger partial charge is 0.244 e. The number of carbonyl (C=O) groups is 1. The maximum Gasteiger partial charge on any atom is 0.244 e. The van der Waals surface area contributed by atoms with Gasteiger partial charge in [0.1, 0.15) is 6.54 Å². The quantitative estimate of drug-likeness (QED) is 0.847. The second-order valence-electron chi connectivity index (χ2n) is 7.30. The summed E-state index contributed by atoms with van der Waals surface area (Å²) >= 11 is 6.31. The molecule has 138 valence electrons. The number of hydrogen-bond acceptors (Lipinski definition) is 3. The molecular weight excluding hydrogens is 348 g/mol. The molecule has 6 heteroatoms. The Bertz CT molecular complexity index is 765. The zero-order valence-electron chi connectivity index (χ0n) is 14.9. The van der Waals surface area contributed by atoms with Crippen molar-refractivity contribution < 1.29 is 4.79 Å². The minimum Gasteiger partial charge on any atom is -0.334 e. The Morgan fingerprint density at radius 1 is 1.27 bits per heavy atom. The van der Waals surface area contributed by atoms with E-state index in [2.05, 4.69) is 16.5 Å². The van der Waals surface area contributed by atoms with Gasteiger partial charge in [-0.1, -0.05) is 29.8 Å². The van der Waals surface area contributed by atoms with E-state index in [-0.39, 0.29) is 5.91 Å². The predicted molar refractivity (Wildman–Crippen MR) is 102 cm³/mol. The third kappa shape index (κ3) is 3.94. The number of amides is 1. The van der Waals surface area contributed by atoms with E-state index in [0.29, 0.717) is 25.0 Å². The van der Waals surface area contributed by atoms with Crippen LogP contribution in [0.15, 0.2) is 36.5 Å². The molecule has 1 saturated heterocycles. The summed E-state index contributed by atoms with van der Waals surface area (Å²) in [6.07, 6.45) is 6.29. The Labute approximate surface area is 159 Å². The van der Waals surface area contributed by atoms with Crippen molar-refractivity contribution in [3.63, 3.8) is 0 Å². The largest absolute Gasteiger partial charge is 0.334 e. The van der Waals surface area contributed by atoms with Crippen LogP contribution in [-0.4, -0.2) is 39.7 Å². The Hall–Kier alpha value is -1.85. The van der Waals surface area contributed by atoms with Gasteiger partial charge in [-0.15, -0.1) is 0 Å². The molecule has 1 N–H and O–H groups in total. The van der Waals surface area contributed by atoms with Crippen LogP contribution in [0, 0.1) is 0 Å². The van der Waals surface area contributed by atoms with Crippen LogP contribution in [0.5, 0.6) is 0 Å². The van der Waals surface area contributed by atoms with Gasteiger partial charge in [0, 0.05) is 42.0 Å². The highest BCUT2D eigenvalue weighted by atomic mass is 35.5. The monoisotopic (exact) mass is 372 g/mol. The Balaban J connectivity index is 1.48. The summed E-state index contributed by atoms with van der Waals surface area (Å²) in [5.41, 5.74) is 2.17. The number of halogens is 1. The molecule has 1 aliphatic carbocycles. The second-order valence-corrected chi connectivity index (χ2v) is 7.71. The number of piperidine rings is 1. The van der Waals surface area contributed by atoms with Gasteiger partial charge >= 0.3 is 0 Å². The zero-order chi connectivity index (χ0) is 17.9. The van der Waals surface area contributed by atoms with Crippen molar-refractivity contribution in [1.82, 2.24) is 20.0 Å². The maximum absolute atomic E-state index is 13.0. The van der Waals surface area contributed by atoms with Crippen LogP contribution < -0.4 is 5.32 Å². The van der Waals surface area contributed by atoms with Gasteiger partial charge in [-0.2, -0.15) is 5.10 Å². The molecule has 4 rings (SSSR count). The van der Waals surface area contributed by atoms with E-state index < -0.39 is 0 Å². The lowest BCUT2D eigenvalue weighted by Crippen LogP contribution is -2.36. The van der Waals surface area contributed by atoms with Crippen LogP contribution in [-0.2, 0) is 17.9 Å². The molecule has 2 heterocycles.